The Morgan fingerprint density at radius 1 is 0.923 bits per heavy atom. The number of carbonyl (C=O) groups excluding carboxylic acids is 1. The lowest BCUT2D eigenvalue weighted by atomic mass is 10.1. The zero-order valence-electron chi connectivity index (χ0n) is 17.4. The molecule has 0 aliphatic rings. The fourth-order valence-corrected chi connectivity index (χ4v) is 2.31. The van der Waals surface area contributed by atoms with Gasteiger partial charge in [0.05, 0.1) is 0 Å². The van der Waals surface area contributed by atoms with Crippen molar-refractivity contribution in [2.75, 3.05) is 27.2 Å². The second-order valence-electron chi connectivity index (χ2n) is 7.10. The molecule has 0 fully saturated rings. The summed E-state index contributed by atoms with van der Waals surface area (Å²) in [5.41, 5.74) is 0. The zero-order valence-corrected chi connectivity index (χ0v) is 17.4. The van der Waals surface area contributed by atoms with Gasteiger partial charge in [0.1, 0.15) is 6.10 Å². The van der Waals surface area contributed by atoms with E-state index in [1.54, 1.807) is 0 Å². The lowest BCUT2D eigenvalue weighted by Crippen LogP contribution is -2.26. The maximum Gasteiger partial charge on any atom is 0.332 e. The van der Waals surface area contributed by atoms with Crippen molar-refractivity contribution in [1.29, 1.82) is 0 Å². The van der Waals surface area contributed by atoms with Gasteiger partial charge in [-0.25, -0.2) is 4.79 Å². The van der Waals surface area contributed by atoms with Gasteiger partial charge in [-0.1, -0.05) is 58.3 Å². The van der Waals surface area contributed by atoms with Gasteiger partial charge in [-0.2, -0.15) is 0 Å². The van der Waals surface area contributed by atoms with E-state index in [-0.39, 0.29) is 5.91 Å². The largest absolute Gasteiger partial charge is 0.479 e. The minimum atomic E-state index is -1.23. The van der Waals surface area contributed by atoms with E-state index in [2.05, 4.69) is 31.2 Å². The number of aliphatic hydroxyl groups excluding tert-OH is 1. The second kappa shape index (κ2) is 20.2. The summed E-state index contributed by atoms with van der Waals surface area (Å²) in [5, 5.41) is 18.8. The van der Waals surface area contributed by atoms with E-state index in [0.717, 1.165) is 25.9 Å². The van der Waals surface area contributed by atoms with Crippen LogP contribution in [0, 0.1) is 0 Å². The topological polar surface area (TPSA) is 89.9 Å². The highest BCUT2D eigenvalue weighted by molar-refractivity contribution is 5.75. The first kappa shape index (κ1) is 27.1. The fourth-order valence-electron chi connectivity index (χ4n) is 2.31. The van der Waals surface area contributed by atoms with E-state index in [4.69, 9.17) is 10.2 Å². The molecule has 0 rings (SSSR count). The number of hydrogen-bond donors (Lipinski definition) is 3. The minimum absolute atomic E-state index is 0.228. The molecule has 0 aromatic heterocycles. The zero-order chi connectivity index (χ0) is 20.2. The number of nitrogens with zero attached hydrogens (tertiary/aromatic N) is 1. The van der Waals surface area contributed by atoms with Crippen molar-refractivity contribution in [3.05, 3.63) is 0 Å². The fraction of sp³-hybridized carbons (Fsp3) is 0.900. The van der Waals surface area contributed by atoms with Gasteiger partial charge in [-0.3, -0.25) is 4.79 Å². The third-order valence-corrected chi connectivity index (χ3v) is 3.97. The molecule has 0 spiro atoms. The van der Waals surface area contributed by atoms with E-state index >= 15 is 0 Å². The number of carboxylic acids is 1. The Bertz CT molecular complexity index is 334. The number of nitrogens with one attached hydrogen (secondary N) is 1. The Labute approximate surface area is 160 Å². The Morgan fingerprint density at radius 3 is 1.81 bits per heavy atom. The summed E-state index contributed by atoms with van der Waals surface area (Å²) in [7, 11) is 4.12. The van der Waals surface area contributed by atoms with E-state index in [1.165, 1.54) is 58.3 Å². The second-order valence-corrected chi connectivity index (χ2v) is 7.10. The third-order valence-electron chi connectivity index (χ3n) is 3.97. The van der Waals surface area contributed by atoms with Gasteiger partial charge in [-0.15, -0.1) is 0 Å². The number of aliphatic hydroxyl groups is 1. The molecule has 0 aliphatic carbocycles. The van der Waals surface area contributed by atoms with Crippen LogP contribution in [0.1, 0.15) is 84.5 Å². The highest BCUT2D eigenvalue weighted by Gasteiger charge is 2.02. The van der Waals surface area contributed by atoms with Crippen LogP contribution >= 0.6 is 0 Å². The van der Waals surface area contributed by atoms with Gasteiger partial charge in [0, 0.05) is 13.0 Å². The molecule has 26 heavy (non-hydrogen) atoms. The highest BCUT2D eigenvalue weighted by atomic mass is 16.4. The molecule has 0 saturated carbocycles. The van der Waals surface area contributed by atoms with Crippen molar-refractivity contribution in [3.8, 4) is 0 Å². The number of aliphatic carboxylic acids is 1. The Morgan fingerprint density at radius 2 is 1.38 bits per heavy atom. The lowest BCUT2D eigenvalue weighted by Gasteiger charge is -2.09. The van der Waals surface area contributed by atoms with Crippen LogP contribution in [0.5, 0.6) is 0 Å². The first-order chi connectivity index (χ1) is 12.3. The molecule has 0 aliphatic heterocycles. The Balaban J connectivity index is 0. The van der Waals surface area contributed by atoms with Crippen LogP contribution in [-0.2, 0) is 9.59 Å². The van der Waals surface area contributed by atoms with Crippen molar-refractivity contribution in [1.82, 2.24) is 10.2 Å². The average molecular weight is 375 g/mol. The Kier molecular flexibility index (Phi) is 21.0. The lowest BCUT2D eigenvalue weighted by molar-refractivity contribution is -0.145. The number of unbranched alkanes of at least 4 members (excludes halogenated alkanes) is 8. The summed E-state index contributed by atoms with van der Waals surface area (Å²) in [4.78, 5) is 23.2. The molecule has 0 saturated heterocycles. The van der Waals surface area contributed by atoms with E-state index in [0.29, 0.717) is 6.42 Å². The normalized spacial score (nSPS) is 11.6. The standard InChI is InChI=1S/C17H36N2O.C3H6O3/c1-4-5-6-7-8-9-10-11-12-14-17(20)18-15-13-16-19(2)3;1-2(4)3(5)6/h4-16H2,1-3H3,(H,18,20);2,4H,1H3,(H,5,6). The molecule has 156 valence electrons. The van der Waals surface area contributed by atoms with Gasteiger partial charge in [-0.05, 0) is 40.4 Å². The van der Waals surface area contributed by atoms with Crippen molar-refractivity contribution >= 4 is 11.9 Å². The molecule has 1 atom stereocenters. The van der Waals surface area contributed by atoms with Gasteiger partial charge < -0.3 is 20.4 Å². The minimum Gasteiger partial charge on any atom is -0.479 e. The number of hydrogen-bond acceptors (Lipinski definition) is 4. The molecule has 0 aromatic rings. The monoisotopic (exact) mass is 374 g/mol. The number of amides is 1. The SMILES string of the molecule is CC(O)C(=O)O.CCCCCCCCCCCC(=O)NCCCN(C)C. The predicted molar refractivity (Wildman–Crippen MR) is 107 cm³/mol. The molecule has 6 heteroatoms. The van der Waals surface area contributed by atoms with Gasteiger partial charge >= 0.3 is 5.97 Å². The molecule has 0 heterocycles. The first-order valence-electron chi connectivity index (χ1n) is 10.1. The molecule has 6 nitrogen and oxygen atoms in total. The maximum absolute atomic E-state index is 11.6. The first-order valence-corrected chi connectivity index (χ1v) is 10.1. The van der Waals surface area contributed by atoms with Crippen LogP contribution in [0.25, 0.3) is 0 Å². The summed E-state index contributed by atoms with van der Waals surface area (Å²) in [6.45, 7) is 5.31. The quantitative estimate of drug-likeness (QED) is 0.382. The van der Waals surface area contributed by atoms with Crippen molar-refractivity contribution < 1.29 is 19.8 Å². The summed E-state index contributed by atoms with van der Waals surface area (Å²) in [6, 6.07) is 0. The molecule has 0 bridgehead atoms. The van der Waals surface area contributed by atoms with E-state index in [9.17, 15) is 9.59 Å². The summed E-state index contributed by atoms with van der Waals surface area (Å²) < 4.78 is 0. The Hall–Kier alpha value is -1.14. The molecule has 1 amide bonds. The third kappa shape index (κ3) is 25.1. The molecular weight excluding hydrogens is 332 g/mol. The van der Waals surface area contributed by atoms with Crippen LogP contribution in [0.4, 0.5) is 0 Å². The van der Waals surface area contributed by atoms with Gasteiger partial charge in [0.2, 0.25) is 5.91 Å². The van der Waals surface area contributed by atoms with Gasteiger partial charge in [0.25, 0.3) is 0 Å². The van der Waals surface area contributed by atoms with Crippen LogP contribution in [0.3, 0.4) is 0 Å². The number of carbonyl (C=O) groups is 2. The molecule has 0 radical (unpaired) electrons. The van der Waals surface area contributed by atoms with Gasteiger partial charge in [0.15, 0.2) is 0 Å². The summed E-state index contributed by atoms with van der Waals surface area (Å²) in [5.74, 6) is -0.957. The van der Waals surface area contributed by atoms with E-state index < -0.39 is 12.1 Å². The van der Waals surface area contributed by atoms with Crippen LogP contribution in [-0.4, -0.2) is 60.3 Å². The summed E-state index contributed by atoms with van der Waals surface area (Å²) in [6.07, 6.45) is 12.3. The summed E-state index contributed by atoms with van der Waals surface area (Å²) >= 11 is 0. The van der Waals surface area contributed by atoms with Crippen molar-refractivity contribution in [2.45, 2.75) is 90.6 Å². The smallest absolute Gasteiger partial charge is 0.332 e. The highest BCUT2D eigenvalue weighted by Crippen LogP contribution is 2.10. The maximum atomic E-state index is 11.6. The predicted octanol–water partition coefficient (Wildman–Crippen LogP) is 3.43. The van der Waals surface area contributed by atoms with Crippen molar-refractivity contribution in [2.24, 2.45) is 0 Å². The van der Waals surface area contributed by atoms with Crippen LogP contribution in [0.15, 0.2) is 0 Å². The average Bonchev–Trinajstić information content (AvgIpc) is 2.57. The molecule has 0 aromatic carbocycles. The molecule has 3 N–H and O–H groups in total. The van der Waals surface area contributed by atoms with Crippen LogP contribution < -0.4 is 5.32 Å². The molecular formula is C20H42N2O4. The van der Waals surface area contributed by atoms with E-state index in [1.807, 2.05) is 0 Å². The van der Waals surface area contributed by atoms with Crippen molar-refractivity contribution in [3.63, 3.8) is 0 Å². The molecule has 1 unspecified atom stereocenters. The number of carboxylic acid groups (broad SMARTS) is 1. The van der Waals surface area contributed by atoms with Crippen LogP contribution in [0.2, 0.25) is 0 Å². The number of rotatable bonds is 15.